The number of nitrogens with one attached hydrogen (secondary N) is 1. The summed E-state index contributed by atoms with van der Waals surface area (Å²) < 4.78 is 29.6. The lowest BCUT2D eigenvalue weighted by Crippen LogP contribution is -2.38. The molecule has 1 N–H and O–H groups in total. The Kier molecular flexibility index (Phi) is 7.11. The van der Waals surface area contributed by atoms with Crippen LogP contribution in [-0.4, -0.2) is 51.5 Å². The highest BCUT2D eigenvalue weighted by Crippen LogP contribution is 2.32. The Morgan fingerprint density at radius 2 is 1.88 bits per heavy atom. The van der Waals surface area contributed by atoms with Crippen molar-refractivity contribution in [2.45, 2.75) is 41.5 Å². The molecule has 0 atom stereocenters. The van der Waals surface area contributed by atoms with E-state index in [1.807, 2.05) is 29.9 Å². The Bertz CT molecular complexity index is 1200. The van der Waals surface area contributed by atoms with Gasteiger partial charge >= 0.3 is 0 Å². The third kappa shape index (κ3) is 5.43. The van der Waals surface area contributed by atoms with Crippen LogP contribution in [0.5, 0.6) is 0 Å². The number of benzene rings is 1. The zero-order valence-electron chi connectivity index (χ0n) is 18.5. The smallest absolute Gasteiger partial charge is 0.243 e. The molecule has 0 bridgehead atoms. The number of thioether (sulfide) groups is 1. The monoisotopic (exact) mass is 486 g/mol. The molecule has 1 aromatic carbocycles. The Labute approximate surface area is 197 Å². The van der Waals surface area contributed by atoms with E-state index in [0.717, 1.165) is 22.3 Å². The van der Waals surface area contributed by atoms with E-state index in [0.29, 0.717) is 31.6 Å². The van der Waals surface area contributed by atoms with Crippen molar-refractivity contribution in [2.75, 3.05) is 18.4 Å². The van der Waals surface area contributed by atoms with Crippen molar-refractivity contribution in [1.29, 1.82) is 0 Å². The largest absolute Gasteiger partial charge is 0.326 e. The topological polar surface area (TPSA) is 110 Å². The number of aromatic nitrogens is 4. The molecule has 1 aliphatic rings. The van der Waals surface area contributed by atoms with Gasteiger partial charge < -0.3 is 9.88 Å². The van der Waals surface area contributed by atoms with Crippen LogP contribution >= 0.6 is 11.8 Å². The van der Waals surface area contributed by atoms with Crippen molar-refractivity contribution in [3.05, 3.63) is 60.2 Å². The first-order valence-corrected chi connectivity index (χ1v) is 13.1. The van der Waals surface area contributed by atoms with Crippen LogP contribution in [0.2, 0.25) is 0 Å². The van der Waals surface area contributed by atoms with E-state index >= 15 is 0 Å². The van der Waals surface area contributed by atoms with E-state index < -0.39 is 10.0 Å². The van der Waals surface area contributed by atoms with E-state index in [4.69, 9.17) is 0 Å². The van der Waals surface area contributed by atoms with Gasteiger partial charge in [0.1, 0.15) is 5.82 Å². The number of anilines is 1. The molecule has 0 saturated carbocycles. The van der Waals surface area contributed by atoms with Crippen molar-refractivity contribution in [1.82, 2.24) is 24.1 Å². The van der Waals surface area contributed by atoms with Gasteiger partial charge in [0.05, 0.1) is 4.90 Å². The number of sulfonamides is 1. The van der Waals surface area contributed by atoms with Gasteiger partial charge in [0, 0.05) is 56.8 Å². The lowest BCUT2D eigenvalue weighted by molar-refractivity contribution is -0.114. The molecule has 1 amide bonds. The molecule has 11 heteroatoms. The summed E-state index contributed by atoms with van der Waals surface area (Å²) in [6, 6.07) is 10.2. The molecule has 0 unspecified atom stereocenters. The first-order valence-electron chi connectivity index (χ1n) is 10.6. The summed E-state index contributed by atoms with van der Waals surface area (Å²) in [6.07, 6.45) is 4.96. The number of rotatable bonds is 7. The van der Waals surface area contributed by atoms with Crippen LogP contribution in [-0.2, 0) is 27.6 Å². The molecule has 4 rings (SSSR count). The highest BCUT2D eigenvalue weighted by Gasteiger charge is 2.32. The number of pyridine rings is 1. The van der Waals surface area contributed by atoms with Gasteiger partial charge in [-0.3, -0.25) is 9.78 Å². The molecule has 1 aliphatic heterocycles. The zero-order chi connectivity index (χ0) is 23.4. The number of amides is 1. The summed E-state index contributed by atoms with van der Waals surface area (Å²) in [4.78, 5) is 15.5. The van der Waals surface area contributed by atoms with Crippen LogP contribution < -0.4 is 5.32 Å². The Morgan fingerprint density at radius 3 is 2.52 bits per heavy atom. The molecule has 2 aromatic heterocycles. The lowest BCUT2D eigenvalue weighted by atomic mass is 9.97. The fraction of sp³-hybridized carbons (Fsp3) is 0.364. The molecule has 174 valence electrons. The van der Waals surface area contributed by atoms with E-state index in [1.165, 1.54) is 23.4 Å². The maximum Gasteiger partial charge on any atom is 0.243 e. The predicted molar refractivity (Wildman–Crippen MR) is 126 cm³/mol. The molecule has 3 heterocycles. The van der Waals surface area contributed by atoms with Gasteiger partial charge in [-0.1, -0.05) is 17.8 Å². The van der Waals surface area contributed by atoms with Gasteiger partial charge in [-0.15, -0.1) is 10.2 Å². The molecular weight excluding hydrogens is 460 g/mol. The maximum atomic E-state index is 13.1. The average molecular weight is 487 g/mol. The van der Waals surface area contributed by atoms with E-state index in [9.17, 15) is 13.2 Å². The van der Waals surface area contributed by atoms with E-state index in [1.54, 1.807) is 30.1 Å². The fourth-order valence-corrected chi connectivity index (χ4v) is 6.18. The normalized spacial score (nSPS) is 15.5. The molecular formula is C22H26N6O3S2. The zero-order valence-corrected chi connectivity index (χ0v) is 20.1. The second-order valence-electron chi connectivity index (χ2n) is 7.93. The van der Waals surface area contributed by atoms with Crippen LogP contribution in [0.15, 0.2) is 58.8 Å². The first kappa shape index (κ1) is 23.4. The number of carbonyl (C=O) groups is 1. The fourth-order valence-electron chi connectivity index (χ4n) is 3.86. The SMILES string of the molecule is CC(=O)Nc1ccc(S(=O)(=O)N2CCC(c3nnc(SCc4cccnc4)n3C)CC2)cc1. The number of piperidine rings is 1. The van der Waals surface area contributed by atoms with Crippen molar-refractivity contribution in [3.63, 3.8) is 0 Å². The number of hydrogen-bond acceptors (Lipinski definition) is 7. The van der Waals surface area contributed by atoms with Crippen molar-refractivity contribution in [2.24, 2.45) is 7.05 Å². The minimum absolute atomic E-state index is 0.156. The van der Waals surface area contributed by atoms with Gasteiger partial charge in [-0.05, 0) is 48.7 Å². The minimum atomic E-state index is -3.59. The van der Waals surface area contributed by atoms with Crippen LogP contribution in [0.25, 0.3) is 0 Å². The van der Waals surface area contributed by atoms with Gasteiger partial charge in [0.25, 0.3) is 0 Å². The highest BCUT2D eigenvalue weighted by atomic mass is 32.2. The van der Waals surface area contributed by atoms with Crippen molar-refractivity contribution < 1.29 is 13.2 Å². The number of hydrogen-bond donors (Lipinski definition) is 1. The van der Waals surface area contributed by atoms with Crippen LogP contribution in [0.3, 0.4) is 0 Å². The summed E-state index contributed by atoms with van der Waals surface area (Å²) >= 11 is 1.61. The summed E-state index contributed by atoms with van der Waals surface area (Å²) in [7, 11) is -1.63. The Balaban J connectivity index is 1.37. The molecule has 9 nitrogen and oxygen atoms in total. The van der Waals surface area contributed by atoms with Crippen LogP contribution in [0.1, 0.15) is 37.1 Å². The minimum Gasteiger partial charge on any atom is -0.326 e. The maximum absolute atomic E-state index is 13.1. The predicted octanol–water partition coefficient (Wildman–Crippen LogP) is 3.03. The molecule has 1 fully saturated rings. The summed E-state index contributed by atoms with van der Waals surface area (Å²) in [6.45, 7) is 2.26. The Morgan fingerprint density at radius 1 is 1.15 bits per heavy atom. The summed E-state index contributed by atoms with van der Waals surface area (Å²) in [5.74, 6) is 1.61. The summed E-state index contributed by atoms with van der Waals surface area (Å²) in [5, 5.41) is 12.2. The van der Waals surface area contributed by atoms with Gasteiger partial charge in [-0.25, -0.2) is 8.42 Å². The van der Waals surface area contributed by atoms with E-state index in [2.05, 4.69) is 20.5 Å². The van der Waals surface area contributed by atoms with Crippen LogP contribution in [0.4, 0.5) is 5.69 Å². The van der Waals surface area contributed by atoms with Crippen molar-refractivity contribution >= 4 is 33.4 Å². The second-order valence-corrected chi connectivity index (χ2v) is 10.8. The highest BCUT2D eigenvalue weighted by molar-refractivity contribution is 7.98. The third-order valence-corrected chi connectivity index (χ3v) is 8.60. The molecule has 0 spiro atoms. The van der Waals surface area contributed by atoms with Crippen molar-refractivity contribution in [3.8, 4) is 0 Å². The number of nitrogens with zero attached hydrogens (tertiary/aromatic N) is 5. The van der Waals surface area contributed by atoms with Gasteiger partial charge in [0.2, 0.25) is 15.9 Å². The summed E-state index contributed by atoms with van der Waals surface area (Å²) in [5.41, 5.74) is 1.69. The number of carbonyl (C=O) groups excluding carboxylic acids is 1. The molecule has 3 aromatic rings. The van der Waals surface area contributed by atoms with Gasteiger partial charge in [-0.2, -0.15) is 4.31 Å². The average Bonchev–Trinajstić information content (AvgIpc) is 3.18. The molecule has 0 aliphatic carbocycles. The van der Waals surface area contributed by atoms with E-state index in [-0.39, 0.29) is 16.7 Å². The molecule has 33 heavy (non-hydrogen) atoms. The molecule has 0 radical (unpaired) electrons. The van der Waals surface area contributed by atoms with Gasteiger partial charge in [0.15, 0.2) is 5.16 Å². The first-order chi connectivity index (χ1) is 15.8. The Hall–Kier alpha value is -2.76. The van der Waals surface area contributed by atoms with Crippen LogP contribution in [0, 0.1) is 0 Å². The quantitative estimate of drug-likeness (QED) is 0.511. The second kappa shape index (κ2) is 10.0. The standard InChI is InChI=1S/C22H26N6O3S2/c1-16(29)24-19-5-7-20(8-6-19)33(30,31)28-12-9-18(10-13-28)21-25-26-22(27(21)2)32-15-17-4-3-11-23-14-17/h3-8,11,14,18H,9-10,12-13,15H2,1-2H3,(H,24,29). The third-order valence-electron chi connectivity index (χ3n) is 5.59. The molecule has 1 saturated heterocycles. The lowest BCUT2D eigenvalue weighted by Gasteiger charge is -2.30.